The third kappa shape index (κ3) is 4.90. The second kappa shape index (κ2) is 8.15. The highest BCUT2D eigenvalue weighted by atomic mass is 31.1. The molecule has 0 saturated heterocycles. The standard InChI is InChI=1S/C24H28NOP/c1-17-14-20(24(2,3)4)23(26)22(15-17)27-21-13-9-8-10-18(21)16-25-19-11-6-5-7-12-19/h5-15,25-27H,16H2,1-4H3. The Balaban J connectivity index is 1.87. The van der Waals surface area contributed by atoms with E-state index in [0.29, 0.717) is 14.3 Å². The summed E-state index contributed by atoms with van der Waals surface area (Å²) in [6.07, 6.45) is 0. The molecule has 0 spiro atoms. The fourth-order valence-corrected chi connectivity index (χ4v) is 4.50. The lowest BCUT2D eigenvalue weighted by Gasteiger charge is -2.23. The Labute approximate surface area is 164 Å². The number of hydrogen-bond donors (Lipinski definition) is 2. The van der Waals surface area contributed by atoms with Gasteiger partial charge in [0.25, 0.3) is 0 Å². The summed E-state index contributed by atoms with van der Waals surface area (Å²) in [6, 6.07) is 22.9. The van der Waals surface area contributed by atoms with E-state index in [9.17, 15) is 5.11 Å². The van der Waals surface area contributed by atoms with Crippen LogP contribution in [0.4, 0.5) is 5.69 Å². The van der Waals surface area contributed by atoms with Crippen molar-refractivity contribution in [1.82, 2.24) is 0 Å². The lowest BCUT2D eigenvalue weighted by Crippen LogP contribution is -2.17. The molecule has 27 heavy (non-hydrogen) atoms. The number of benzene rings is 3. The summed E-state index contributed by atoms with van der Waals surface area (Å²) < 4.78 is 0. The first-order chi connectivity index (χ1) is 12.8. The molecule has 3 aromatic carbocycles. The van der Waals surface area contributed by atoms with Gasteiger partial charge in [0, 0.05) is 23.1 Å². The second-order valence-corrected chi connectivity index (χ2v) is 9.29. The Bertz CT molecular complexity index is 913. The van der Waals surface area contributed by atoms with Gasteiger partial charge in [-0.3, -0.25) is 0 Å². The van der Waals surface area contributed by atoms with Crippen molar-refractivity contribution in [1.29, 1.82) is 0 Å². The molecule has 0 heterocycles. The summed E-state index contributed by atoms with van der Waals surface area (Å²) in [6.45, 7) is 9.31. The second-order valence-electron chi connectivity index (χ2n) is 7.96. The first-order valence-electron chi connectivity index (χ1n) is 9.32. The number of aromatic hydroxyl groups is 1. The maximum Gasteiger partial charge on any atom is 0.127 e. The number of aryl methyl sites for hydroxylation is 1. The Morgan fingerprint density at radius 2 is 1.56 bits per heavy atom. The monoisotopic (exact) mass is 377 g/mol. The van der Waals surface area contributed by atoms with Crippen molar-refractivity contribution in [2.24, 2.45) is 0 Å². The maximum absolute atomic E-state index is 10.9. The van der Waals surface area contributed by atoms with E-state index in [-0.39, 0.29) is 5.41 Å². The van der Waals surface area contributed by atoms with Crippen molar-refractivity contribution in [2.45, 2.75) is 39.7 Å². The minimum absolute atomic E-state index is 0.0796. The van der Waals surface area contributed by atoms with Gasteiger partial charge in [0.1, 0.15) is 5.75 Å². The van der Waals surface area contributed by atoms with E-state index >= 15 is 0 Å². The van der Waals surface area contributed by atoms with Crippen LogP contribution >= 0.6 is 8.58 Å². The van der Waals surface area contributed by atoms with Gasteiger partial charge in [0.15, 0.2) is 0 Å². The van der Waals surface area contributed by atoms with Crippen molar-refractivity contribution < 1.29 is 5.11 Å². The molecule has 0 radical (unpaired) electrons. The summed E-state index contributed by atoms with van der Waals surface area (Å²) in [7, 11) is 0.424. The van der Waals surface area contributed by atoms with Crippen LogP contribution in [-0.2, 0) is 12.0 Å². The Kier molecular flexibility index (Phi) is 5.87. The number of hydrogen-bond acceptors (Lipinski definition) is 2. The average Bonchev–Trinajstić information content (AvgIpc) is 2.63. The minimum Gasteiger partial charge on any atom is -0.507 e. The van der Waals surface area contributed by atoms with Crippen LogP contribution in [0.25, 0.3) is 0 Å². The lowest BCUT2D eigenvalue weighted by molar-refractivity contribution is 0.450. The largest absolute Gasteiger partial charge is 0.507 e. The first-order valence-corrected chi connectivity index (χ1v) is 10.3. The Morgan fingerprint density at radius 1 is 0.889 bits per heavy atom. The Hall–Kier alpha value is -2.31. The van der Waals surface area contributed by atoms with E-state index in [0.717, 1.165) is 23.1 Å². The highest BCUT2D eigenvalue weighted by molar-refractivity contribution is 7.55. The van der Waals surface area contributed by atoms with Crippen LogP contribution in [0.1, 0.15) is 37.5 Å². The molecular weight excluding hydrogens is 349 g/mol. The SMILES string of the molecule is Cc1cc(Pc2ccccc2CNc2ccccc2)c(O)c(C(C)(C)C)c1. The van der Waals surface area contributed by atoms with Crippen LogP contribution in [0.3, 0.4) is 0 Å². The number of nitrogens with one attached hydrogen (secondary N) is 1. The van der Waals surface area contributed by atoms with Crippen LogP contribution < -0.4 is 15.9 Å². The lowest BCUT2D eigenvalue weighted by atomic mass is 9.85. The third-order valence-electron chi connectivity index (χ3n) is 4.61. The van der Waals surface area contributed by atoms with Gasteiger partial charge in [-0.2, -0.15) is 0 Å². The Morgan fingerprint density at radius 3 is 2.26 bits per heavy atom. The highest BCUT2D eigenvalue weighted by Gasteiger charge is 2.21. The predicted octanol–water partition coefficient (Wildman–Crippen LogP) is 5.24. The van der Waals surface area contributed by atoms with E-state index in [1.807, 2.05) is 18.2 Å². The smallest absolute Gasteiger partial charge is 0.127 e. The number of anilines is 1. The van der Waals surface area contributed by atoms with Crippen molar-refractivity contribution in [3.63, 3.8) is 0 Å². The molecule has 0 aromatic heterocycles. The van der Waals surface area contributed by atoms with Crippen molar-refractivity contribution in [3.8, 4) is 5.75 Å². The van der Waals surface area contributed by atoms with E-state index in [1.165, 1.54) is 16.4 Å². The molecule has 0 fully saturated rings. The van der Waals surface area contributed by atoms with Crippen LogP contribution in [0.5, 0.6) is 5.75 Å². The molecular formula is C24H28NOP. The molecule has 3 heteroatoms. The maximum atomic E-state index is 10.9. The zero-order chi connectivity index (χ0) is 19.4. The van der Waals surface area contributed by atoms with E-state index in [2.05, 4.69) is 81.5 Å². The molecule has 0 aliphatic carbocycles. The van der Waals surface area contributed by atoms with Crippen LogP contribution in [-0.4, -0.2) is 5.11 Å². The quantitative estimate of drug-likeness (QED) is 0.596. The van der Waals surface area contributed by atoms with Gasteiger partial charge in [0.05, 0.1) is 0 Å². The molecule has 1 unspecified atom stereocenters. The van der Waals surface area contributed by atoms with Gasteiger partial charge < -0.3 is 10.4 Å². The summed E-state index contributed by atoms with van der Waals surface area (Å²) in [5.41, 5.74) is 4.51. The number of rotatable bonds is 5. The molecule has 3 rings (SSSR count). The van der Waals surface area contributed by atoms with Gasteiger partial charge in [-0.1, -0.05) is 77.9 Å². The highest BCUT2D eigenvalue weighted by Crippen LogP contribution is 2.33. The van der Waals surface area contributed by atoms with E-state index < -0.39 is 0 Å². The molecule has 2 nitrogen and oxygen atoms in total. The molecule has 0 aliphatic heterocycles. The van der Waals surface area contributed by atoms with Gasteiger partial charge >= 0.3 is 0 Å². The average molecular weight is 377 g/mol. The molecule has 0 aliphatic rings. The number of phenolic OH excluding ortho intramolecular Hbond substituents is 1. The molecule has 3 aromatic rings. The van der Waals surface area contributed by atoms with Gasteiger partial charge in [-0.25, -0.2) is 0 Å². The van der Waals surface area contributed by atoms with Crippen LogP contribution in [0.2, 0.25) is 0 Å². The summed E-state index contributed by atoms with van der Waals surface area (Å²) in [5, 5.41) is 16.7. The fourth-order valence-electron chi connectivity index (χ4n) is 3.14. The molecule has 0 amide bonds. The van der Waals surface area contributed by atoms with Gasteiger partial charge in [-0.05, 0) is 47.0 Å². The van der Waals surface area contributed by atoms with Crippen LogP contribution in [0.15, 0.2) is 66.7 Å². The molecule has 140 valence electrons. The topological polar surface area (TPSA) is 32.3 Å². The van der Waals surface area contributed by atoms with Crippen molar-refractivity contribution >= 4 is 24.9 Å². The molecule has 2 N–H and O–H groups in total. The zero-order valence-electron chi connectivity index (χ0n) is 16.5. The summed E-state index contributed by atoms with van der Waals surface area (Å²) in [4.78, 5) is 0. The fraction of sp³-hybridized carbons (Fsp3) is 0.250. The number of phenols is 1. The first kappa shape index (κ1) is 19.5. The zero-order valence-corrected chi connectivity index (χ0v) is 17.5. The van der Waals surface area contributed by atoms with Gasteiger partial charge in [0.2, 0.25) is 0 Å². The number of para-hydroxylation sites is 1. The third-order valence-corrected chi connectivity index (χ3v) is 6.01. The van der Waals surface area contributed by atoms with Crippen LogP contribution in [0, 0.1) is 6.92 Å². The summed E-state index contributed by atoms with van der Waals surface area (Å²) in [5.74, 6) is 0.442. The van der Waals surface area contributed by atoms with Crippen molar-refractivity contribution in [2.75, 3.05) is 5.32 Å². The molecule has 0 bridgehead atoms. The molecule has 1 atom stereocenters. The predicted molar refractivity (Wildman–Crippen MR) is 119 cm³/mol. The van der Waals surface area contributed by atoms with E-state index in [4.69, 9.17) is 0 Å². The minimum atomic E-state index is -0.0796. The normalized spacial score (nSPS) is 11.9. The van der Waals surface area contributed by atoms with Crippen molar-refractivity contribution in [3.05, 3.63) is 83.4 Å². The molecule has 0 saturated carbocycles. The summed E-state index contributed by atoms with van der Waals surface area (Å²) >= 11 is 0. The van der Waals surface area contributed by atoms with Gasteiger partial charge in [-0.15, -0.1) is 0 Å². The van der Waals surface area contributed by atoms with E-state index in [1.54, 1.807) is 0 Å².